The van der Waals surface area contributed by atoms with Crippen molar-refractivity contribution in [3.8, 4) is 0 Å². The zero-order valence-corrected chi connectivity index (χ0v) is 10.3. The van der Waals surface area contributed by atoms with Gasteiger partial charge in [0, 0.05) is 9.81 Å². The third-order valence-corrected chi connectivity index (χ3v) is 4.28. The van der Waals surface area contributed by atoms with Crippen LogP contribution in [0, 0.1) is 0 Å². The number of halogens is 3. The van der Waals surface area contributed by atoms with Crippen LogP contribution in [0.5, 0.6) is 0 Å². The molecule has 0 heterocycles. The lowest BCUT2D eigenvalue weighted by atomic mass is 10.2. The quantitative estimate of drug-likeness (QED) is 0.642. The maximum absolute atomic E-state index is 3.58. The van der Waals surface area contributed by atoms with E-state index in [1.54, 1.807) is 0 Å². The van der Waals surface area contributed by atoms with Crippen molar-refractivity contribution in [2.24, 2.45) is 0 Å². The van der Waals surface area contributed by atoms with Gasteiger partial charge in [-0.3, -0.25) is 0 Å². The Bertz CT molecular complexity index is 201. The highest BCUT2D eigenvalue weighted by atomic mass is 79.9. The molecule has 0 aromatic heterocycles. The summed E-state index contributed by atoms with van der Waals surface area (Å²) in [5.41, 5.74) is 1.31. The van der Waals surface area contributed by atoms with Crippen LogP contribution in [-0.2, 0) is 0 Å². The Kier molecular flexibility index (Phi) is 2.81. The Morgan fingerprint density at radius 2 is 2.20 bits per heavy atom. The van der Waals surface area contributed by atoms with Crippen molar-refractivity contribution < 1.29 is 0 Å². The van der Waals surface area contributed by atoms with Gasteiger partial charge in [-0.05, 0) is 18.6 Å². The van der Waals surface area contributed by atoms with Crippen molar-refractivity contribution in [3.05, 3.63) is 22.2 Å². The normalized spacial score (nSPS) is 32.0. The summed E-state index contributed by atoms with van der Waals surface area (Å²) in [6.07, 6.45) is 4.31. The fourth-order valence-electron chi connectivity index (χ4n) is 0.840. The van der Waals surface area contributed by atoms with Crippen LogP contribution >= 0.6 is 47.8 Å². The van der Waals surface area contributed by atoms with E-state index in [2.05, 4.69) is 66.9 Å². The largest absolute Gasteiger partial charge is 0.0876 e. The zero-order chi connectivity index (χ0) is 7.78. The van der Waals surface area contributed by atoms with Crippen LogP contribution in [0.4, 0.5) is 0 Å². The number of hydrogen-bond acceptors (Lipinski definition) is 0. The molecule has 1 aliphatic carbocycles. The minimum absolute atomic E-state index is 0.0239. The maximum Gasteiger partial charge on any atom is 0.0728 e. The SMILES string of the molecule is C[C@]1(Br)C=C(CBr)C=C1Br. The molecule has 0 bridgehead atoms. The summed E-state index contributed by atoms with van der Waals surface area (Å²) in [7, 11) is 0. The summed E-state index contributed by atoms with van der Waals surface area (Å²) in [5.74, 6) is 0. The van der Waals surface area contributed by atoms with Crippen LogP contribution in [0.25, 0.3) is 0 Å². The fourth-order valence-corrected chi connectivity index (χ4v) is 1.98. The molecule has 3 heteroatoms. The first-order chi connectivity index (χ1) is 4.56. The van der Waals surface area contributed by atoms with E-state index < -0.39 is 0 Å². The lowest BCUT2D eigenvalue weighted by Gasteiger charge is -2.11. The van der Waals surface area contributed by atoms with E-state index in [9.17, 15) is 0 Å². The van der Waals surface area contributed by atoms with E-state index >= 15 is 0 Å². The van der Waals surface area contributed by atoms with Crippen LogP contribution in [0.15, 0.2) is 22.2 Å². The minimum Gasteiger partial charge on any atom is -0.0876 e. The van der Waals surface area contributed by atoms with Gasteiger partial charge in [0.25, 0.3) is 0 Å². The molecular formula is C7H7Br3. The second-order valence-electron chi connectivity index (χ2n) is 2.42. The van der Waals surface area contributed by atoms with E-state index in [0.29, 0.717) is 0 Å². The first-order valence-electron chi connectivity index (χ1n) is 2.90. The van der Waals surface area contributed by atoms with Crippen molar-refractivity contribution >= 4 is 47.8 Å². The first-order valence-corrected chi connectivity index (χ1v) is 5.61. The molecule has 0 unspecified atom stereocenters. The Morgan fingerprint density at radius 3 is 2.40 bits per heavy atom. The van der Waals surface area contributed by atoms with Gasteiger partial charge in [-0.1, -0.05) is 53.9 Å². The van der Waals surface area contributed by atoms with E-state index in [4.69, 9.17) is 0 Å². The number of hydrogen-bond donors (Lipinski definition) is 0. The average molecular weight is 331 g/mol. The monoisotopic (exact) mass is 328 g/mol. The summed E-state index contributed by atoms with van der Waals surface area (Å²) in [5, 5.41) is 0.920. The van der Waals surface area contributed by atoms with Gasteiger partial charge in [0.2, 0.25) is 0 Å². The Balaban J connectivity index is 2.88. The molecule has 0 aliphatic heterocycles. The van der Waals surface area contributed by atoms with Gasteiger partial charge in [-0.2, -0.15) is 0 Å². The van der Waals surface area contributed by atoms with Crippen molar-refractivity contribution in [1.29, 1.82) is 0 Å². The minimum atomic E-state index is 0.0239. The molecule has 1 aliphatic rings. The predicted molar refractivity (Wildman–Crippen MR) is 56.2 cm³/mol. The molecule has 56 valence electrons. The fraction of sp³-hybridized carbons (Fsp3) is 0.429. The summed E-state index contributed by atoms with van der Waals surface area (Å²) in [6.45, 7) is 2.11. The molecule has 0 aromatic rings. The Hall–Kier alpha value is 0.920. The average Bonchev–Trinajstić information content (AvgIpc) is 2.08. The highest BCUT2D eigenvalue weighted by Gasteiger charge is 2.25. The summed E-state index contributed by atoms with van der Waals surface area (Å²) in [6, 6.07) is 0. The molecule has 0 nitrogen and oxygen atoms in total. The Labute approximate surface area is 86.1 Å². The van der Waals surface area contributed by atoms with Gasteiger partial charge in [0.05, 0.1) is 4.32 Å². The predicted octanol–water partition coefficient (Wildman–Crippen LogP) is 3.75. The molecule has 0 radical (unpaired) electrons. The van der Waals surface area contributed by atoms with Crippen LogP contribution < -0.4 is 0 Å². The van der Waals surface area contributed by atoms with Gasteiger partial charge in [-0.15, -0.1) is 0 Å². The third-order valence-electron chi connectivity index (χ3n) is 1.39. The zero-order valence-electron chi connectivity index (χ0n) is 5.50. The van der Waals surface area contributed by atoms with Crippen molar-refractivity contribution in [1.82, 2.24) is 0 Å². The number of alkyl halides is 2. The lowest BCUT2D eigenvalue weighted by molar-refractivity contribution is 1.04. The third kappa shape index (κ3) is 1.74. The van der Waals surface area contributed by atoms with Crippen LogP contribution in [-0.4, -0.2) is 9.65 Å². The molecule has 0 saturated heterocycles. The number of rotatable bonds is 1. The summed E-state index contributed by atoms with van der Waals surface area (Å²) < 4.78 is 1.21. The molecule has 0 saturated carbocycles. The molecule has 10 heavy (non-hydrogen) atoms. The molecule has 1 atom stereocenters. The van der Waals surface area contributed by atoms with E-state index in [1.165, 1.54) is 10.1 Å². The first kappa shape index (κ1) is 9.01. The van der Waals surface area contributed by atoms with Crippen molar-refractivity contribution in [3.63, 3.8) is 0 Å². The highest BCUT2D eigenvalue weighted by Crippen LogP contribution is 2.39. The van der Waals surface area contributed by atoms with Gasteiger partial charge < -0.3 is 0 Å². The number of allylic oxidation sites excluding steroid dienone is 4. The maximum atomic E-state index is 3.58. The van der Waals surface area contributed by atoms with Crippen LogP contribution in [0.2, 0.25) is 0 Å². The van der Waals surface area contributed by atoms with E-state index in [-0.39, 0.29) is 4.32 Å². The molecule has 0 N–H and O–H groups in total. The Morgan fingerprint density at radius 1 is 1.60 bits per heavy atom. The molecule has 1 rings (SSSR count). The van der Waals surface area contributed by atoms with Crippen LogP contribution in [0.3, 0.4) is 0 Å². The van der Waals surface area contributed by atoms with Gasteiger partial charge in [0.1, 0.15) is 0 Å². The lowest BCUT2D eigenvalue weighted by Crippen LogP contribution is -2.07. The molecule has 0 aromatic carbocycles. The molecule has 0 fully saturated rings. The topological polar surface area (TPSA) is 0 Å². The highest BCUT2D eigenvalue weighted by molar-refractivity contribution is 9.14. The molecular weight excluding hydrogens is 324 g/mol. The second-order valence-corrected chi connectivity index (χ2v) is 5.48. The van der Waals surface area contributed by atoms with Crippen LogP contribution in [0.1, 0.15) is 6.92 Å². The van der Waals surface area contributed by atoms with E-state index in [0.717, 1.165) is 5.33 Å². The van der Waals surface area contributed by atoms with E-state index in [1.807, 2.05) is 0 Å². The van der Waals surface area contributed by atoms with Gasteiger partial charge in [-0.25, -0.2) is 0 Å². The smallest absolute Gasteiger partial charge is 0.0728 e. The summed E-state index contributed by atoms with van der Waals surface area (Å²) in [4.78, 5) is 0. The van der Waals surface area contributed by atoms with Gasteiger partial charge in [0.15, 0.2) is 0 Å². The van der Waals surface area contributed by atoms with Crippen molar-refractivity contribution in [2.45, 2.75) is 11.2 Å². The van der Waals surface area contributed by atoms with Gasteiger partial charge >= 0.3 is 0 Å². The standard InChI is InChI=1S/C7H7Br3/c1-7(10)3-5(4-8)2-6(7)9/h2-3H,4H2,1H3/t7-/m0/s1. The summed E-state index contributed by atoms with van der Waals surface area (Å²) >= 11 is 10.5. The molecule has 0 spiro atoms. The molecule has 0 amide bonds. The second kappa shape index (κ2) is 3.11. The van der Waals surface area contributed by atoms with Crippen molar-refractivity contribution in [2.75, 3.05) is 5.33 Å².